The third-order valence-electron chi connectivity index (χ3n) is 6.40. The summed E-state index contributed by atoms with van der Waals surface area (Å²) in [7, 11) is 0. The summed E-state index contributed by atoms with van der Waals surface area (Å²) in [6.45, 7) is 2.06. The second-order valence-corrected chi connectivity index (χ2v) is 9.15. The van der Waals surface area contributed by atoms with E-state index in [1.54, 1.807) is 18.3 Å². The van der Waals surface area contributed by atoms with Crippen molar-refractivity contribution in [2.45, 2.75) is 25.4 Å². The van der Waals surface area contributed by atoms with Gasteiger partial charge < -0.3 is 21.5 Å². The summed E-state index contributed by atoms with van der Waals surface area (Å²) in [6.07, 6.45) is 3.88. The van der Waals surface area contributed by atoms with Gasteiger partial charge in [-0.25, -0.2) is 8.78 Å². The van der Waals surface area contributed by atoms with Gasteiger partial charge in [-0.2, -0.15) is 10.8 Å². The van der Waals surface area contributed by atoms with Gasteiger partial charge in [-0.3, -0.25) is 4.98 Å². The zero-order valence-electron chi connectivity index (χ0n) is 20.3. The molecule has 7 nitrogen and oxygen atoms in total. The molecule has 0 aliphatic carbocycles. The average Bonchev–Trinajstić information content (AvgIpc) is 3.47. The van der Waals surface area contributed by atoms with Crippen molar-refractivity contribution in [3.05, 3.63) is 112 Å². The van der Waals surface area contributed by atoms with Crippen LogP contribution in [0.3, 0.4) is 0 Å². The third kappa shape index (κ3) is 4.92. The molecule has 0 radical (unpaired) electrons. The molecule has 4 aromatic rings. The topological polar surface area (TPSA) is 96.8 Å². The predicted octanol–water partition coefficient (Wildman–Crippen LogP) is 6.21. The summed E-state index contributed by atoms with van der Waals surface area (Å²) < 4.78 is 29.0. The standard InChI is InChI=1S/C28H24ClF2N7/c1-2-23(16-7-4-3-5-8-16)36-26-17(13-32)14-33-27-20(26)11-18(12-21(27)29)35-28(24-15-34-38-37-24)19-9-6-10-22(30)25(19)31/h3-12,14-15,23,28,34-35,37-38H,2H2,1H3,(H,33,36)/t23-,28+/m1/s1. The molecule has 1 aromatic heterocycles. The largest absolute Gasteiger partial charge is 0.377 e. The quantitative estimate of drug-likeness (QED) is 0.184. The number of rotatable bonds is 8. The Bertz CT molecular complexity index is 1550. The van der Waals surface area contributed by atoms with Gasteiger partial charge in [0.15, 0.2) is 11.6 Å². The van der Waals surface area contributed by atoms with E-state index in [4.69, 9.17) is 11.6 Å². The number of aromatic nitrogens is 1. The molecule has 0 fully saturated rings. The number of nitrogens with zero attached hydrogens (tertiary/aromatic N) is 2. The molecule has 3 aromatic carbocycles. The molecule has 0 amide bonds. The lowest BCUT2D eigenvalue weighted by molar-refractivity contribution is 0.492. The van der Waals surface area contributed by atoms with E-state index in [1.807, 2.05) is 30.3 Å². The van der Waals surface area contributed by atoms with Crippen LogP contribution in [0.4, 0.5) is 20.2 Å². The van der Waals surface area contributed by atoms with Crippen LogP contribution in [0.15, 0.2) is 78.8 Å². The Morgan fingerprint density at radius 2 is 1.89 bits per heavy atom. The molecular formula is C28H24ClF2N7. The number of nitriles is 1. The minimum Gasteiger partial charge on any atom is -0.377 e. The van der Waals surface area contributed by atoms with Crippen LogP contribution in [0.5, 0.6) is 0 Å². The highest BCUT2D eigenvalue weighted by Crippen LogP contribution is 2.37. The average molecular weight is 532 g/mol. The van der Waals surface area contributed by atoms with Gasteiger partial charge in [0.1, 0.15) is 6.07 Å². The van der Waals surface area contributed by atoms with Crippen LogP contribution in [-0.4, -0.2) is 4.98 Å². The van der Waals surface area contributed by atoms with Gasteiger partial charge in [-0.05, 0) is 30.2 Å². The van der Waals surface area contributed by atoms with E-state index in [-0.39, 0.29) is 11.6 Å². The minimum absolute atomic E-state index is 0.0663. The van der Waals surface area contributed by atoms with Crippen LogP contribution in [0, 0.1) is 23.0 Å². The third-order valence-corrected chi connectivity index (χ3v) is 6.68. The molecule has 5 rings (SSSR count). The van der Waals surface area contributed by atoms with Crippen molar-refractivity contribution in [2.75, 3.05) is 10.6 Å². The molecule has 0 spiro atoms. The van der Waals surface area contributed by atoms with E-state index in [1.165, 1.54) is 18.3 Å². The van der Waals surface area contributed by atoms with Crippen molar-refractivity contribution in [1.29, 1.82) is 5.26 Å². The normalized spacial score (nSPS) is 14.1. The first-order chi connectivity index (χ1) is 18.5. The van der Waals surface area contributed by atoms with Crippen molar-refractivity contribution in [2.24, 2.45) is 0 Å². The van der Waals surface area contributed by atoms with Gasteiger partial charge in [0.05, 0.1) is 39.6 Å². The first kappa shape index (κ1) is 25.3. The highest BCUT2D eigenvalue weighted by molar-refractivity contribution is 6.35. The van der Waals surface area contributed by atoms with E-state index in [0.717, 1.165) is 18.1 Å². The fourth-order valence-electron chi connectivity index (χ4n) is 4.51. The van der Waals surface area contributed by atoms with Gasteiger partial charge in [-0.15, -0.1) is 0 Å². The van der Waals surface area contributed by atoms with E-state index in [9.17, 15) is 14.0 Å². The summed E-state index contributed by atoms with van der Waals surface area (Å²) in [4.78, 5) is 4.42. The summed E-state index contributed by atoms with van der Waals surface area (Å²) in [5.74, 6) is -1.91. The first-order valence-corrected chi connectivity index (χ1v) is 12.4. The maximum Gasteiger partial charge on any atom is 0.164 e. The Morgan fingerprint density at radius 3 is 2.61 bits per heavy atom. The Morgan fingerprint density at radius 1 is 1.08 bits per heavy atom. The molecule has 2 atom stereocenters. The molecular weight excluding hydrogens is 508 g/mol. The molecule has 0 saturated carbocycles. The highest BCUT2D eigenvalue weighted by atomic mass is 35.5. The first-order valence-electron chi connectivity index (χ1n) is 12.0. The number of pyridine rings is 1. The number of benzene rings is 3. The van der Waals surface area contributed by atoms with Gasteiger partial charge >= 0.3 is 0 Å². The number of fused-ring (bicyclic) bond motifs is 1. The van der Waals surface area contributed by atoms with Gasteiger partial charge in [0.25, 0.3) is 0 Å². The van der Waals surface area contributed by atoms with Crippen molar-refractivity contribution >= 4 is 33.9 Å². The summed E-state index contributed by atoms with van der Waals surface area (Å²) in [6, 6.07) is 18.8. The van der Waals surface area contributed by atoms with Crippen LogP contribution >= 0.6 is 11.6 Å². The van der Waals surface area contributed by atoms with E-state index < -0.39 is 17.7 Å². The lowest BCUT2D eigenvalue weighted by Gasteiger charge is -2.24. The molecule has 38 heavy (non-hydrogen) atoms. The fourth-order valence-corrected chi connectivity index (χ4v) is 4.78. The van der Waals surface area contributed by atoms with Crippen LogP contribution < -0.4 is 27.0 Å². The van der Waals surface area contributed by atoms with Crippen molar-refractivity contribution in [1.82, 2.24) is 21.4 Å². The van der Waals surface area contributed by atoms with Crippen molar-refractivity contribution in [3.63, 3.8) is 0 Å². The Hall–Kier alpha value is -4.39. The molecule has 2 heterocycles. The molecule has 192 valence electrons. The lowest BCUT2D eigenvalue weighted by Crippen LogP contribution is -2.34. The number of hydrogen-bond donors (Lipinski definition) is 5. The second-order valence-electron chi connectivity index (χ2n) is 8.74. The zero-order chi connectivity index (χ0) is 26.6. The molecule has 1 aliphatic heterocycles. The molecule has 1 aliphatic rings. The molecule has 5 N–H and O–H groups in total. The SMILES string of the molecule is CC[C@@H](Nc1c(C#N)cnc2c(Cl)cc(N[C@H](C3=CNNN3)c3cccc(F)c3F)cc12)c1ccccc1. The zero-order valence-corrected chi connectivity index (χ0v) is 21.1. The minimum atomic E-state index is -0.962. The van der Waals surface area contributed by atoms with Crippen LogP contribution in [0.25, 0.3) is 10.9 Å². The Balaban J connectivity index is 1.60. The summed E-state index contributed by atoms with van der Waals surface area (Å²) in [5, 5.41) is 17.6. The lowest BCUT2D eigenvalue weighted by atomic mass is 10.0. The van der Waals surface area contributed by atoms with Crippen LogP contribution in [-0.2, 0) is 0 Å². The Kier molecular flexibility index (Phi) is 7.26. The predicted molar refractivity (Wildman–Crippen MR) is 145 cm³/mol. The maximum atomic E-state index is 14.9. The van der Waals surface area contributed by atoms with E-state index in [2.05, 4.69) is 45.0 Å². The monoisotopic (exact) mass is 531 g/mol. The van der Waals surface area contributed by atoms with Crippen LogP contribution in [0.2, 0.25) is 5.02 Å². The molecule has 10 heteroatoms. The van der Waals surface area contributed by atoms with E-state index in [0.29, 0.717) is 38.6 Å². The Labute approximate surface area is 223 Å². The molecule has 0 unspecified atom stereocenters. The van der Waals surface area contributed by atoms with Gasteiger partial charge in [0, 0.05) is 29.0 Å². The number of hydrazine groups is 2. The summed E-state index contributed by atoms with van der Waals surface area (Å²) in [5.41, 5.74) is 12.1. The van der Waals surface area contributed by atoms with Crippen molar-refractivity contribution < 1.29 is 8.78 Å². The maximum absolute atomic E-state index is 14.9. The number of hydrogen-bond acceptors (Lipinski definition) is 7. The highest BCUT2D eigenvalue weighted by Gasteiger charge is 2.25. The molecule has 0 saturated heterocycles. The number of halogens is 3. The number of nitrogens with one attached hydrogen (secondary N) is 5. The number of anilines is 2. The second kappa shape index (κ2) is 10.9. The fraction of sp³-hybridized carbons (Fsp3) is 0.143. The molecule has 0 bridgehead atoms. The smallest absolute Gasteiger partial charge is 0.164 e. The van der Waals surface area contributed by atoms with Crippen molar-refractivity contribution in [3.8, 4) is 6.07 Å². The van der Waals surface area contributed by atoms with E-state index >= 15 is 0 Å². The van der Waals surface area contributed by atoms with Gasteiger partial charge in [0.2, 0.25) is 0 Å². The van der Waals surface area contributed by atoms with Crippen LogP contribution in [0.1, 0.15) is 42.1 Å². The van der Waals surface area contributed by atoms with Gasteiger partial charge in [-0.1, -0.05) is 61.0 Å². The summed E-state index contributed by atoms with van der Waals surface area (Å²) >= 11 is 6.66.